The van der Waals surface area contributed by atoms with Crippen molar-refractivity contribution in [3.63, 3.8) is 0 Å². The van der Waals surface area contributed by atoms with Gasteiger partial charge in [0, 0.05) is 12.4 Å². The minimum Gasteiger partial charge on any atom is -0.462 e. The highest BCUT2D eigenvalue weighted by Crippen LogP contribution is 1.97. The second-order valence-electron chi connectivity index (χ2n) is 1.96. The van der Waals surface area contributed by atoms with E-state index in [1.165, 1.54) is 6.20 Å². The van der Waals surface area contributed by atoms with Gasteiger partial charge in [0.05, 0.1) is 12.2 Å². The summed E-state index contributed by atoms with van der Waals surface area (Å²) >= 11 is 2.15. The zero-order valence-electron chi connectivity index (χ0n) is 7.66. The van der Waals surface area contributed by atoms with E-state index in [0.29, 0.717) is 12.2 Å². The highest BCUT2D eigenvalue weighted by molar-refractivity contribution is 14.1. The van der Waals surface area contributed by atoms with Gasteiger partial charge in [-0.25, -0.2) is 4.79 Å². The van der Waals surface area contributed by atoms with Gasteiger partial charge < -0.3 is 4.74 Å². The predicted octanol–water partition coefficient (Wildman–Crippen LogP) is 2.31. The normalized spacial score (nSPS) is 8.23. The number of halogens is 1. The van der Waals surface area contributed by atoms with Crippen molar-refractivity contribution in [3.8, 4) is 0 Å². The topological polar surface area (TPSA) is 39.2 Å². The van der Waals surface area contributed by atoms with Gasteiger partial charge in [-0.3, -0.25) is 4.98 Å². The predicted molar refractivity (Wildman–Crippen MR) is 60.1 cm³/mol. The summed E-state index contributed by atoms with van der Waals surface area (Å²) in [6.07, 6.45) is 3.10. The maximum atomic E-state index is 11.0. The summed E-state index contributed by atoms with van der Waals surface area (Å²) in [6.45, 7) is 2.17. The van der Waals surface area contributed by atoms with Gasteiger partial charge in [-0.1, -0.05) is 22.6 Å². The van der Waals surface area contributed by atoms with E-state index in [1.807, 2.05) is 4.93 Å². The first kappa shape index (κ1) is 12.3. The largest absolute Gasteiger partial charge is 0.462 e. The van der Waals surface area contributed by atoms with Crippen molar-refractivity contribution >= 4 is 28.6 Å². The molecule has 0 saturated carbocycles. The average Bonchev–Trinajstić information content (AvgIpc) is 2.23. The van der Waals surface area contributed by atoms with E-state index in [9.17, 15) is 4.79 Å². The standard InChI is InChI=1S/C8H9NO2.CH3I/c1-2-11-8(10)7-4-3-5-9-6-7;1-2/h3-6H,2H2,1H3;1H3. The van der Waals surface area contributed by atoms with Crippen molar-refractivity contribution in [3.05, 3.63) is 30.1 Å². The van der Waals surface area contributed by atoms with Crippen LogP contribution in [0.15, 0.2) is 24.5 Å². The number of hydrogen-bond acceptors (Lipinski definition) is 3. The van der Waals surface area contributed by atoms with Crippen LogP contribution in [0.5, 0.6) is 0 Å². The minimum atomic E-state index is -0.319. The van der Waals surface area contributed by atoms with E-state index in [1.54, 1.807) is 25.3 Å². The Morgan fingerprint density at radius 1 is 1.62 bits per heavy atom. The maximum absolute atomic E-state index is 11.0. The monoisotopic (exact) mass is 293 g/mol. The van der Waals surface area contributed by atoms with Crippen LogP contribution < -0.4 is 0 Å². The van der Waals surface area contributed by atoms with Crippen molar-refractivity contribution in [1.82, 2.24) is 4.98 Å². The molecule has 0 spiro atoms. The van der Waals surface area contributed by atoms with Crippen molar-refractivity contribution in [2.45, 2.75) is 6.92 Å². The summed E-state index contributed by atoms with van der Waals surface area (Å²) in [4.78, 5) is 16.7. The number of carbonyl (C=O) groups is 1. The third-order valence-electron chi connectivity index (χ3n) is 1.17. The van der Waals surface area contributed by atoms with E-state index >= 15 is 0 Å². The summed E-state index contributed by atoms with van der Waals surface area (Å²) in [5, 5.41) is 0. The first-order valence-electron chi connectivity index (χ1n) is 3.79. The molecule has 13 heavy (non-hydrogen) atoms. The van der Waals surface area contributed by atoms with Crippen molar-refractivity contribution < 1.29 is 9.53 Å². The molecular weight excluding hydrogens is 281 g/mol. The first-order valence-corrected chi connectivity index (χ1v) is 5.95. The third kappa shape index (κ3) is 4.82. The molecule has 1 aromatic heterocycles. The van der Waals surface area contributed by atoms with E-state index in [0.717, 1.165) is 0 Å². The summed E-state index contributed by atoms with van der Waals surface area (Å²) in [7, 11) is 0. The Balaban J connectivity index is 0.000000671. The fourth-order valence-corrected chi connectivity index (χ4v) is 0.698. The molecule has 0 fully saturated rings. The molecular formula is C9H12INO2. The van der Waals surface area contributed by atoms with E-state index in [2.05, 4.69) is 27.6 Å². The molecule has 0 atom stereocenters. The summed E-state index contributed by atoms with van der Waals surface area (Å²) in [6, 6.07) is 3.37. The third-order valence-corrected chi connectivity index (χ3v) is 1.17. The lowest BCUT2D eigenvalue weighted by Crippen LogP contribution is -2.04. The zero-order valence-corrected chi connectivity index (χ0v) is 9.82. The number of esters is 1. The zero-order chi connectivity index (χ0) is 10.1. The maximum Gasteiger partial charge on any atom is 0.339 e. The number of carbonyl (C=O) groups excluding carboxylic acids is 1. The lowest BCUT2D eigenvalue weighted by Gasteiger charge is -1.98. The minimum absolute atomic E-state index is 0.319. The molecule has 1 heterocycles. The molecule has 0 aliphatic heterocycles. The molecule has 0 N–H and O–H groups in total. The number of rotatable bonds is 2. The van der Waals surface area contributed by atoms with Gasteiger partial charge in [0.2, 0.25) is 0 Å². The highest BCUT2D eigenvalue weighted by atomic mass is 127. The average molecular weight is 293 g/mol. The number of pyridine rings is 1. The number of nitrogens with zero attached hydrogens (tertiary/aromatic N) is 1. The van der Waals surface area contributed by atoms with Crippen molar-refractivity contribution in [1.29, 1.82) is 0 Å². The highest BCUT2D eigenvalue weighted by Gasteiger charge is 2.03. The molecule has 4 heteroatoms. The fraction of sp³-hybridized carbons (Fsp3) is 0.333. The van der Waals surface area contributed by atoms with Crippen LogP contribution in [0.4, 0.5) is 0 Å². The Hall–Kier alpha value is -0.650. The van der Waals surface area contributed by atoms with Gasteiger partial charge in [-0.05, 0) is 24.0 Å². The number of aromatic nitrogens is 1. The van der Waals surface area contributed by atoms with Gasteiger partial charge in [0.15, 0.2) is 0 Å². The van der Waals surface area contributed by atoms with E-state index in [-0.39, 0.29) is 5.97 Å². The lowest BCUT2D eigenvalue weighted by molar-refractivity contribution is 0.0526. The molecule has 72 valence electrons. The molecule has 3 nitrogen and oxygen atoms in total. The molecule has 1 rings (SSSR count). The number of hydrogen-bond donors (Lipinski definition) is 0. The quantitative estimate of drug-likeness (QED) is 0.477. The van der Waals surface area contributed by atoms with Gasteiger partial charge in [0.1, 0.15) is 0 Å². The molecule has 1 aromatic rings. The Bertz CT molecular complexity index is 239. The Kier molecular flexibility index (Phi) is 7.57. The van der Waals surface area contributed by atoms with Crippen LogP contribution in [0.3, 0.4) is 0 Å². The summed E-state index contributed by atoms with van der Waals surface area (Å²) in [5.41, 5.74) is 0.495. The van der Waals surface area contributed by atoms with Crippen LogP contribution in [0, 0.1) is 0 Å². The second-order valence-corrected chi connectivity index (χ2v) is 1.96. The Morgan fingerprint density at radius 3 is 2.77 bits per heavy atom. The summed E-state index contributed by atoms with van der Waals surface area (Å²) < 4.78 is 4.75. The fourth-order valence-electron chi connectivity index (χ4n) is 0.698. The molecule has 0 saturated heterocycles. The van der Waals surface area contributed by atoms with Gasteiger partial charge in [-0.15, -0.1) is 0 Å². The SMILES string of the molecule is CCOC(=O)c1cccnc1.CI. The Morgan fingerprint density at radius 2 is 2.31 bits per heavy atom. The van der Waals surface area contributed by atoms with Crippen LogP contribution >= 0.6 is 22.6 Å². The summed E-state index contributed by atoms with van der Waals surface area (Å²) in [5.74, 6) is -0.319. The van der Waals surface area contributed by atoms with E-state index in [4.69, 9.17) is 4.74 Å². The molecule has 0 bridgehead atoms. The molecule has 0 radical (unpaired) electrons. The van der Waals surface area contributed by atoms with Crippen LogP contribution in [0.2, 0.25) is 0 Å². The first-order chi connectivity index (χ1) is 6.34. The van der Waals surface area contributed by atoms with E-state index < -0.39 is 0 Å². The Labute approximate surface area is 91.7 Å². The number of ether oxygens (including phenoxy) is 1. The van der Waals surface area contributed by atoms with Gasteiger partial charge in [-0.2, -0.15) is 0 Å². The van der Waals surface area contributed by atoms with Crippen LogP contribution in [-0.4, -0.2) is 22.5 Å². The van der Waals surface area contributed by atoms with Crippen LogP contribution in [0.1, 0.15) is 17.3 Å². The second kappa shape index (κ2) is 7.97. The molecule has 0 unspecified atom stereocenters. The van der Waals surface area contributed by atoms with Crippen LogP contribution in [0.25, 0.3) is 0 Å². The molecule has 0 aromatic carbocycles. The van der Waals surface area contributed by atoms with Crippen LogP contribution in [-0.2, 0) is 4.74 Å². The lowest BCUT2D eigenvalue weighted by atomic mass is 10.3. The molecule has 0 aliphatic rings. The smallest absolute Gasteiger partial charge is 0.339 e. The molecule has 0 aliphatic carbocycles. The molecule has 0 amide bonds. The number of alkyl halides is 1. The van der Waals surface area contributed by atoms with Gasteiger partial charge in [0.25, 0.3) is 0 Å². The van der Waals surface area contributed by atoms with Gasteiger partial charge >= 0.3 is 5.97 Å². The van der Waals surface area contributed by atoms with Crippen molar-refractivity contribution in [2.24, 2.45) is 0 Å². The van der Waals surface area contributed by atoms with Crippen molar-refractivity contribution in [2.75, 3.05) is 11.5 Å².